The topological polar surface area (TPSA) is 65.7 Å². The fourth-order valence-corrected chi connectivity index (χ4v) is 4.25. The third kappa shape index (κ3) is 4.51. The molecule has 0 aliphatic heterocycles. The van der Waals surface area contributed by atoms with Crippen LogP contribution in [0.15, 0.2) is 106 Å². The Bertz CT molecular complexity index is 1580. The van der Waals surface area contributed by atoms with Crippen molar-refractivity contribution in [2.45, 2.75) is 6.42 Å². The first-order chi connectivity index (χ1) is 17.6. The van der Waals surface area contributed by atoms with Crippen LogP contribution in [0.25, 0.3) is 33.4 Å². The smallest absolute Gasteiger partial charge is 0.196 e. The van der Waals surface area contributed by atoms with Crippen LogP contribution in [0.1, 0.15) is 15.9 Å². The Labute approximate surface area is 208 Å². The molecule has 0 N–H and O–H groups in total. The van der Waals surface area contributed by atoms with E-state index in [1.54, 1.807) is 68.8 Å². The van der Waals surface area contributed by atoms with E-state index in [4.69, 9.17) is 13.9 Å². The van der Waals surface area contributed by atoms with Gasteiger partial charge in [0.15, 0.2) is 11.2 Å². The number of hydrogen-bond donors (Lipinski definition) is 0. The van der Waals surface area contributed by atoms with Crippen molar-refractivity contribution in [2.75, 3.05) is 14.2 Å². The van der Waals surface area contributed by atoms with Gasteiger partial charge in [-0.1, -0.05) is 66.7 Å². The van der Waals surface area contributed by atoms with Crippen LogP contribution < -0.4 is 14.9 Å². The van der Waals surface area contributed by atoms with E-state index in [0.717, 1.165) is 11.1 Å². The third-order valence-corrected chi connectivity index (χ3v) is 6.16. The van der Waals surface area contributed by atoms with Crippen molar-refractivity contribution < 1.29 is 18.7 Å². The van der Waals surface area contributed by atoms with Gasteiger partial charge in [-0.15, -0.1) is 0 Å². The molecule has 0 aliphatic rings. The molecule has 1 aromatic heterocycles. The van der Waals surface area contributed by atoms with Gasteiger partial charge in [0.1, 0.15) is 22.8 Å². The van der Waals surface area contributed by atoms with Crippen LogP contribution in [0.4, 0.5) is 0 Å². The van der Waals surface area contributed by atoms with Crippen molar-refractivity contribution in [1.82, 2.24) is 0 Å². The van der Waals surface area contributed by atoms with Gasteiger partial charge in [-0.05, 0) is 35.4 Å². The summed E-state index contributed by atoms with van der Waals surface area (Å²) in [6.07, 6.45) is -0.104. The minimum atomic E-state index is -0.233. The second kappa shape index (κ2) is 9.92. The van der Waals surface area contributed by atoms with Gasteiger partial charge in [0, 0.05) is 23.6 Å². The molecule has 0 unspecified atom stereocenters. The quantitative estimate of drug-likeness (QED) is 0.249. The molecule has 0 saturated heterocycles. The van der Waals surface area contributed by atoms with Gasteiger partial charge in [0.25, 0.3) is 0 Å². The Hall–Kier alpha value is -4.64. The van der Waals surface area contributed by atoms with E-state index in [1.807, 2.05) is 42.5 Å². The van der Waals surface area contributed by atoms with Gasteiger partial charge in [-0.25, -0.2) is 0 Å². The zero-order valence-corrected chi connectivity index (χ0v) is 20.0. The summed E-state index contributed by atoms with van der Waals surface area (Å²) < 4.78 is 17.0. The molecule has 5 aromatic rings. The van der Waals surface area contributed by atoms with E-state index in [0.29, 0.717) is 44.9 Å². The largest absolute Gasteiger partial charge is 0.497 e. The number of para-hydroxylation sites is 1. The van der Waals surface area contributed by atoms with E-state index in [-0.39, 0.29) is 17.6 Å². The molecule has 0 radical (unpaired) electrons. The Kier molecular flexibility index (Phi) is 6.37. The summed E-state index contributed by atoms with van der Waals surface area (Å²) in [5.41, 5.74) is 3.71. The molecule has 0 aliphatic carbocycles. The first kappa shape index (κ1) is 23.1. The average molecular weight is 477 g/mol. The molecule has 0 spiro atoms. The SMILES string of the molecule is COc1cc(OC)cc(-c2oc3ccccc3c(=O)c2CC(=O)c2ccc(-c3ccccc3)cc2)c1. The van der Waals surface area contributed by atoms with Crippen LogP contribution in [0.5, 0.6) is 11.5 Å². The lowest BCUT2D eigenvalue weighted by atomic mass is 9.96. The lowest BCUT2D eigenvalue weighted by Gasteiger charge is -2.13. The van der Waals surface area contributed by atoms with Crippen LogP contribution >= 0.6 is 0 Å². The van der Waals surface area contributed by atoms with Crippen molar-refractivity contribution in [3.05, 3.63) is 118 Å². The molecule has 178 valence electrons. The van der Waals surface area contributed by atoms with Crippen LogP contribution in [-0.4, -0.2) is 20.0 Å². The van der Waals surface area contributed by atoms with Gasteiger partial charge in [-0.2, -0.15) is 0 Å². The molecule has 5 heteroatoms. The number of ether oxygens (including phenoxy) is 2. The molecule has 0 bridgehead atoms. The van der Waals surface area contributed by atoms with E-state index in [2.05, 4.69) is 0 Å². The molecular formula is C31H24O5. The monoisotopic (exact) mass is 476 g/mol. The maximum Gasteiger partial charge on any atom is 0.196 e. The summed E-state index contributed by atoms with van der Waals surface area (Å²) >= 11 is 0. The van der Waals surface area contributed by atoms with E-state index < -0.39 is 0 Å². The summed E-state index contributed by atoms with van der Waals surface area (Å²) in [6.45, 7) is 0. The highest BCUT2D eigenvalue weighted by Crippen LogP contribution is 2.33. The number of carbonyl (C=O) groups is 1. The standard InChI is InChI=1S/C31H24O5/c1-34-24-16-23(17-25(18-24)35-2)31-27(30(33)26-10-6-7-11-29(26)36-31)19-28(32)22-14-12-21(13-15-22)20-8-4-3-5-9-20/h3-18H,19H2,1-2H3. The van der Waals surface area contributed by atoms with Crippen LogP contribution in [-0.2, 0) is 6.42 Å². The Morgan fingerprint density at radius 3 is 2.00 bits per heavy atom. The van der Waals surface area contributed by atoms with Crippen molar-refractivity contribution in [1.29, 1.82) is 0 Å². The second-order valence-electron chi connectivity index (χ2n) is 8.38. The number of carbonyl (C=O) groups excluding carboxylic acids is 1. The molecule has 5 rings (SSSR count). The third-order valence-electron chi connectivity index (χ3n) is 6.16. The van der Waals surface area contributed by atoms with Gasteiger partial charge in [0.2, 0.25) is 0 Å². The molecule has 0 saturated carbocycles. The fraction of sp³-hybridized carbons (Fsp3) is 0.0968. The normalized spacial score (nSPS) is 10.8. The summed E-state index contributed by atoms with van der Waals surface area (Å²) in [5.74, 6) is 1.25. The minimum Gasteiger partial charge on any atom is -0.497 e. The number of rotatable bonds is 7. The van der Waals surface area contributed by atoms with Gasteiger partial charge < -0.3 is 13.9 Å². The number of benzene rings is 4. The van der Waals surface area contributed by atoms with Crippen LogP contribution in [0.2, 0.25) is 0 Å². The summed E-state index contributed by atoms with van der Waals surface area (Å²) in [5, 5.41) is 0.429. The summed E-state index contributed by atoms with van der Waals surface area (Å²) in [6, 6.07) is 29.7. The molecule has 0 atom stereocenters. The molecular weight excluding hydrogens is 452 g/mol. The molecule has 4 aromatic carbocycles. The van der Waals surface area contributed by atoms with Crippen molar-refractivity contribution in [3.8, 4) is 33.9 Å². The average Bonchev–Trinajstić information content (AvgIpc) is 2.94. The molecule has 0 fully saturated rings. The van der Waals surface area contributed by atoms with E-state index >= 15 is 0 Å². The maximum absolute atomic E-state index is 13.6. The van der Waals surface area contributed by atoms with Crippen LogP contribution in [0.3, 0.4) is 0 Å². The maximum atomic E-state index is 13.6. The number of Topliss-reactive ketones (excluding diaryl/α,β-unsaturated/α-hetero) is 1. The number of ketones is 1. The van der Waals surface area contributed by atoms with Gasteiger partial charge in [-0.3, -0.25) is 9.59 Å². The fourth-order valence-electron chi connectivity index (χ4n) is 4.25. The zero-order chi connectivity index (χ0) is 25.1. The lowest BCUT2D eigenvalue weighted by molar-refractivity contribution is 0.0992. The Morgan fingerprint density at radius 2 is 1.33 bits per heavy atom. The second-order valence-corrected chi connectivity index (χ2v) is 8.38. The Balaban J connectivity index is 1.58. The zero-order valence-electron chi connectivity index (χ0n) is 20.0. The first-order valence-electron chi connectivity index (χ1n) is 11.5. The number of fused-ring (bicyclic) bond motifs is 1. The lowest BCUT2D eigenvalue weighted by Crippen LogP contribution is -2.16. The van der Waals surface area contributed by atoms with E-state index in [1.165, 1.54) is 0 Å². The highest BCUT2D eigenvalue weighted by molar-refractivity contribution is 5.99. The molecule has 1 heterocycles. The van der Waals surface area contributed by atoms with Crippen molar-refractivity contribution >= 4 is 16.8 Å². The predicted octanol–water partition coefficient (Wildman–Crippen LogP) is 6.57. The minimum absolute atomic E-state index is 0.104. The van der Waals surface area contributed by atoms with Gasteiger partial charge in [0.05, 0.1) is 25.2 Å². The van der Waals surface area contributed by atoms with Crippen molar-refractivity contribution in [2.24, 2.45) is 0 Å². The van der Waals surface area contributed by atoms with Crippen molar-refractivity contribution in [3.63, 3.8) is 0 Å². The summed E-state index contributed by atoms with van der Waals surface area (Å²) in [7, 11) is 3.11. The predicted molar refractivity (Wildman–Crippen MR) is 141 cm³/mol. The highest BCUT2D eigenvalue weighted by Gasteiger charge is 2.21. The molecule has 36 heavy (non-hydrogen) atoms. The molecule has 5 nitrogen and oxygen atoms in total. The Morgan fingerprint density at radius 1 is 0.722 bits per heavy atom. The number of hydrogen-bond acceptors (Lipinski definition) is 5. The van der Waals surface area contributed by atoms with Gasteiger partial charge >= 0.3 is 0 Å². The van der Waals surface area contributed by atoms with E-state index in [9.17, 15) is 9.59 Å². The first-order valence-corrected chi connectivity index (χ1v) is 11.5. The summed E-state index contributed by atoms with van der Waals surface area (Å²) in [4.78, 5) is 26.9. The number of methoxy groups -OCH3 is 2. The molecule has 0 amide bonds. The van der Waals surface area contributed by atoms with Crippen LogP contribution in [0, 0.1) is 0 Å². The highest BCUT2D eigenvalue weighted by atomic mass is 16.5.